The normalized spacial score (nSPS) is 11.5. The van der Waals surface area contributed by atoms with E-state index in [2.05, 4.69) is 30.8 Å². The van der Waals surface area contributed by atoms with Crippen molar-refractivity contribution in [2.75, 3.05) is 7.11 Å². The fourth-order valence-corrected chi connectivity index (χ4v) is 9.30. The van der Waals surface area contributed by atoms with Gasteiger partial charge in [-0.05, 0) is 96.8 Å². The first kappa shape index (κ1) is 42.1. The Bertz CT molecular complexity index is 3090. The Morgan fingerprint density at radius 2 is 1.36 bits per heavy atom. The minimum Gasteiger partial charge on any atom is -0.380 e. The summed E-state index contributed by atoms with van der Waals surface area (Å²) in [6.45, 7) is 4.62. The maximum Gasteiger partial charge on any atom is 0.253 e. The number of benzene rings is 4. The molecule has 0 spiro atoms. The minimum absolute atomic E-state index is 0.187. The molecule has 3 N–H and O–H groups in total. The summed E-state index contributed by atoms with van der Waals surface area (Å²) in [6.07, 6.45) is 8.25. The highest BCUT2D eigenvalue weighted by molar-refractivity contribution is 7.91. The van der Waals surface area contributed by atoms with Crippen molar-refractivity contribution in [1.82, 2.24) is 35.2 Å². The first-order chi connectivity index (χ1) is 29.3. The summed E-state index contributed by atoms with van der Waals surface area (Å²) in [5.74, 6) is -0.486. The predicted octanol–water partition coefficient (Wildman–Crippen LogP) is 6.58. The Balaban J connectivity index is 0.000000184. The van der Waals surface area contributed by atoms with Crippen LogP contribution in [0.4, 0.5) is 0 Å². The molecule has 310 valence electrons. The van der Waals surface area contributed by atoms with E-state index in [4.69, 9.17) is 4.74 Å². The molecule has 4 aromatic heterocycles. The number of imidazole rings is 1. The van der Waals surface area contributed by atoms with Gasteiger partial charge in [0.25, 0.3) is 11.8 Å². The number of ether oxygens (including phenoxy) is 1. The lowest BCUT2D eigenvalue weighted by Gasteiger charge is -2.10. The molecule has 16 heteroatoms. The number of sulfone groups is 2. The molecule has 0 atom stereocenters. The Morgan fingerprint density at radius 1 is 0.689 bits per heavy atom. The molecular weight excluding hydrogens is 815 g/mol. The molecular formula is C45H41N7O7S2. The van der Waals surface area contributed by atoms with Gasteiger partial charge in [0.1, 0.15) is 5.65 Å². The lowest BCUT2D eigenvalue weighted by Crippen LogP contribution is -2.23. The SMILES string of the molecule is COCc1cccc(S(=O)(=O)c2ccc(CNC(=O)c3cnc4[nH]ncc4c3)cc2)c1.Cc1ccc(S(=O)(=O)c2ccc(CNC(=O)c3ccc4nccn4c3)cc2)c(C)c1. The quantitative estimate of drug-likeness (QED) is 0.121. The zero-order chi connectivity index (χ0) is 43.1. The average molecular weight is 856 g/mol. The van der Waals surface area contributed by atoms with Crippen LogP contribution in [0.3, 0.4) is 0 Å². The van der Waals surface area contributed by atoms with Gasteiger partial charge in [0.05, 0.1) is 43.5 Å². The van der Waals surface area contributed by atoms with Crippen molar-refractivity contribution in [3.8, 4) is 0 Å². The predicted molar refractivity (Wildman–Crippen MR) is 228 cm³/mol. The molecule has 0 aliphatic rings. The average Bonchev–Trinajstić information content (AvgIpc) is 3.95. The van der Waals surface area contributed by atoms with Gasteiger partial charge in [-0.25, -0.2) is 26.8 Å². The monoisotopic (exact) mass is 855 g/mol. The van der Waals surface area contributed by atoms with Gasteiger partial charge in [-0.3, -0.25) is 14.7 Å². The molecule has 0 aliphatic carbocycles. The summed E-state index contributed by atoms with van der Waals surface area (Å²) in [4.78, 5) is 34.1. The van der Waals surface area contributed by atoms with Crippen LogP contribution in [0, 0.1) is 13.8 Å². The number of H-pyrrole nitrogens is 1. The number of pyridine rings is 2. The van der Waals surface area contributed by atoms with Gasteiger partial charge < -0.3 is 19.8 Å². The van der Waals surface area contributed by atoms with E-state index in [0.29, 0.717) is 34.8 Å². The molecule has 0 fully saturated rings. The molecule has 0 saturated heterocycles. The number of carbonyl (C=O) groups is 2. The van der Waals surface area contributed by atoms with Gasteiger partial charge >= 0.3 is 0 Å². The molecule has 4 heterocycles. The third-order valence-electron chi connectivity index (χ3n) is 9.72. The maximum absolute atomic E-state index is 12.9. The van der Waals surface area contributed by atoms with Crippen molar-refractivity contribution in [3.05, 3.63) is 179 Å². The molecule has 0 aliphatic heterocycles. The number of methoxy groups -OCH3 is 1. The van der Waals surface area contributed by atoms with E-state index in [9.17, 15) is 26.4 Å². The number of nitrogens with one attached hydrogen (secondary N) is 3. The molecule has 0 saturated carbocycles. The standard InChI is InChI=1S/C23H21N3O3S.C22H20N4O4S/c1-16-3-9-21(17(2)13-16)30(28,29)20-7-4-18(5-8-20)14-25-23(27)19-6-10-22-24-11-12-26(22)15-19;1-30-14-16-3-2-4-20(9-16)31(28,29)19-7-5-15(6-8-19)11-24-22(27)18-10-17-13-25-26-21(17)23-12-18/h3-13,15H,14H2,1-2H3,(H,25,27);2-10,12-13H,11,14H2,1H3,(H,24,27)(H,23,25,26). The van der Waals surface area contributed by atoms with Gasteiger partial charge in [-0.15, -0.1) is 0 Å². The number of amides is 2. The molecule has 0 bridgehead atoms. The Kier molecular flexibility index (Phi) is 12.5. The maximum atomic E-state index is 12.9. The zero-order valence-electron chi connectivity index (χ0n) is 33.4. The summed E-state index contributed by atoms with van der Waals surface area (Å²) in [7, 11) is -5.67. The van der Waals surface area contributed by atoms with Gasteiger partial charge in [0, 0.05) is 50.4 Å². The van der Waals surface area contributed by atoms with Gasteiger partial charge in [-0.1, -0.05) is 54.1 Å². The summed E-state index contributed by atoms with van der Waals surface area (Å²) in [5.41, 5.74) is 6.44. The number of carbonyl (C=O) groups excluding carboxylic acids is 2. The van der Waals surface area contributed by atoms with Gasteiger partial charge in [0.15, 0.2) is 5.65 Å². The van der Waals surface area contributed by atoms with Gasteiger partial charge in [-0.2, -0.15) is 5.10 Å². The topological polar surface area (TPSA) is 195 Å². The number of aryl methyl sites for hydroxylation is 2. The highest BCUT2D eigenvalue weighted by Gasteiger charge is 2.21. The second kappa shape index (κ2) is 18.1. The van der Waals surface area contributed by atoms with Crippen LogP contribution in [0.5, 0.6) is 0 Å². The Labute approximate surface area is 352 Å². The summed E-state index contributed by atoms with van der Waals surface area (Å²) < 4.78 is 58.6. The molecule has 8 aromatic rings. The van der Waals surface area contributed by atoms with E-state index in [-0.39, 0.29) is 33.0 Å². The van der Waals surface area contributed by atoms with E-state index in [1.54, 1.807) is 140 Å². The molecule has 0 radical (unpaired) electrons. The third kappa shape index (κ3) is 9.73. The van der Waals surface area contributed by atoms with E-state index >= 15 is 0 Å². The second-order valence-corrected chi connectivity index (χ2v) is 18.0. The van der Waals surface area contributed by atoms with Gasteiger partial charge in [0.2, 0.25) is 19.7 Å². The smallest absolute Gasteiger partial charge is 0.253 e. The zero-order valence-corrected chi connectivity index (χ0v) is 35.0. The lowest BCUT2D eigenvalue weighted by molar-refractivity contribution is 0.0942. The number of rotatable bonds is 12. The molecule has 4 aromatic carbocycles. The molecule has 61 heavy (non-hydrogen) atoms. The van der Waals surface area contributed by atoms with Crippen LogP contribution in [0.15, 0.2) is 160 Å². The molecule has 8 rings (SSSR count). The van der Waals surface area contributed by atoms with Crippen molar-refractivity contribution in [2.24, 2.45) is 0 Å². The van der Waals surface area contributed by atoms with E-state index in [1.807, 2.05) is 19.1 Å². The number of hydrogen-bond acceptors (Lipinski definition) is 10. The lowest BCUT2D eigenvalue weighted by atomic mass is 10.2. The van der Waals surface area contributed by atoms with Crippen LogP contribution in [0.1, 0.15) is 48.5 Å². The van der Waals surface area contributed by atoms with Crippen molar-refractivity contribution in [3.63, 3.8) is 0 Å². The first-order valence-corrected chi connectivity index (χ1v) is 21.9. The number of hydrogen-bond donors (Lipinski definition) is 3. The third-order valence-corrected chi connectivity index (χ3v) is 13.4. The fourth-order valence-electron chi connectivity index (χ4n) is 6.49. The summed E-state index contributed by atoms with van der Waals surface area (Å²) in [6, 6.07) is 30.2. The largest absolute Gasteiger partial charge is 0.380 e. The minimum atomic E-state index is -3.65. The van der Waals surface area contributed by atoms with Crippen LogP contribution in [0.2, 0.25) is 0 Å². The number of fused-ring (bicyclic) bond motifs is 2. The number of aromatic amines is 1. The van der Waals surface area contributed by atoms with Crippen LogP contribution in [-0.2, 0) is 44.1 Å². The van der Waals surface area contributed by atoms with Crippen molar-refractivity contribution >= 4 is 48.2 Å². The van der Waals surface area contributed by atoms with E-state index < -0.39 is 19.7 Å². The van der Waals surface area contributed by atoms with Crippen LogP contribution >= 0.6 is 0 Å². The van der Waals surface area contributed by atoms with Crippen molar-refractivity contribution in [2.45, 2.75) is 53.1 Å². The summed E-state index contributed by atoms with van der Waals surface area (Å²) in [5, 5.41) is 13.0. The first-order valence-electron chi connectivity index (χ1n) is 18.9. The fraction of sp³-hybridized carbons (Fsp3) is 0.133. The van der Waals surface area contributed by atoms with Crippen molar-refractivity contribution in [1.29, 1.82) is 0 Å². The highest BCUT2D eigenvalue weighted by Crippen LogP contribution is 2.26. The van der Waals surface area contributed by atoms with Crippen LogP contribution in [0.25, 0.3) is 16.7 Å². The van der Waals surface area contributed by atoms with Crippen molar-refractivity contribution < 1.29 is 31.2 Å². The van der Waals surface area contributed by atoms with Crippen LogP contribution in [-0.4, -0.2) is 60.3 Å². The van der Waals surface area contributed by atoms with E-state index in [1.165, 1.54) is 6.20 Å². The van der Waals surface area contributed by atoms with Crippen LogP contribution < -0.4 is 10.6 Å². The van der Waals surface area contributed by atoms with E-state index in [0.717, 1.165) is 38.9 Å². The highest BCUT2D eigenvalue weighted by atomic mass is 32.2. The second-order valence-electron chi connectivity index (χ2n) is 14.2. The summed E-state index contributed by atoms with van der Waals surface area (Å²) >= 11 is 0. The molecule has 14 nitrogen and oxygen atoms in total. The Hall–Kier alpha value is -7.01. The number of aromatic nitrogens is 5. The number of nitrogens with zero attached hydrogens (tertiary/aromatic N) is 4. The molecule has 0 unspecified atom stereocenters. The molecule has 2 amide bonds. The Morgan fingerprint density at radius 3 is 2.03 bits per heavy atom.